The number of phenols is 1. The Morgan fingerprint density at radius 1 is 1.55 bits per heavy atom. The van der Waals surface area contributed by atoms with E-state index in [1.165, 1.54) is 6.07 Å². The molecule has 0 aromatic heterocycles. The molecule has 0 atom stereocenters. The molecule has 0 saturated carbocycles. The molecule has 0 amide bonds. The minimum Gasteiger partial charge on any atom is -0.507 e. The molecule has 11 heavy (non-hydrogen) atoms. The molecule has 0 saturated heterocycles. The molecule has 0 aliphatic rings. The normalized spacial score (nSPS) is 9.64. The first-order chi connectivity index (χ1) is 5.16. The predicted molar refractivity (Wildman–Crippen MR) is 43.2 cm³/mol. The van der Waals surface area contributed by atoms with E-state index in [0.717, 1.165) is 0 Å². The number of halogens is 1. The van der Waals surface area contributed by atoms with Crippen LogP contribution in [0.2, 0.25) is 5.02 Å². The van der Waals surface area contributed by atoms with Gasteiger partial charge < -0.3 is 5.11 Å². The molecule has 1 N–H and O–H groups in total. The van der Waals surface area contributed by atoms with Gasteiger partial charge in [0, 0.05) is 5.02 Å². The van der Waals surface area contributed by atoms with Crippen molar-refractivity contribution in [3.05, 3.63) is 28.3 Å². The van der Waals surface area contributed by atoms with Gasteiger partial charge in [-0.05, 0) is 24.6 Å². The summed E-state index contributed by atoms with van der Waals surface area (Å²) in [6.07, 6.45) is 0.594. The Bertz CT molecular complexity index is 294. The molecule has 0 bridgehead atoms. The molecule has 0 spiro atoms. The second-order valence-electron chi connectivity index (χ2n) is 2.22. The van der Waals surface area contributed by atoms with Crippen molar-refractivity contribution in [1.82, 2.24) is 0 Å². The van der Waals surface area contributed by atoms with Crippen molar-refractivity contribution >= 4 is 17.9 Å². The van der Waals surface area contributed by atoms with E-state index in [9.17, 15) is 4.79 Å². The zero-order valence-electron chi connectivity index (χ0n) is 5.97. The van der Waals surface area contributed by atoms with E-state index in [1.807, 2.05) is 0 Å². The Morgan fingerprint density at radius 3 is 2.64 bits per heavy atom. The number of rotatable bonds is 1. The molecule has 0 fully saturated rings. The molecular weight excluding hydrogens is 164 g/mol. The molecule has 0 aliphatic carbocycles. The number of aromatic hydroxyl groups is 1. The molecular formula is C8H7ClO2. The summed E-state index contributed by atoms with van der Waals surface area (Å²) in [5.74, 6) is -0.0260. The van der Waals surface area contributed by atoms with Crippen molar-refractivity contribution in [3.8, 4) is 5.75 Å². The van der Waals surface area contributed by atoms with Crippen molar-refractivity contribution in [3.63, 3.8) is 0 Å². The number of benzene rings is 1. The van der Waals surface area contributed by atoms with Gasteiger partial charge in [-0.3, -0.25) is 4.79 Å². The van der Waals surface area contributed by atoms with E-state index in [2.05, 4.69) is 0 Å². The maximum atomic E-state index is 10.4. The van der Waals surface area contributed by atoms with E-state index < -0.39 is 0 Å². The molecule has 0 unspecified atom stereocenters. The molecule has 0 heterocycles. The van der Waals surface area contributed by atoms with Gasteiger partial charge in [-0.25, -0.2) is 0 Å². The van der Waals surface area contributed by atoms with Gasteiger partial charge in [0.25, 0.3) is 0 Å². The highest BCUT2D eigenvalue weighted by Crippen LogP contribution is 2.25. The molecule has 1 aromatic carbocycles. The van der Waals surface area contributed by atoms with Crippen LogP contribution in [-0.4, -0.2) is 11.4 Å². The number of carbonyl (C=O) groups is 1. The van der Waals surface area contributed by atoms with Gasteiger partial charge in [0.2, 0.25) is 0 Å². The van der Waals surface area contributed by atoms with Gasteiger partial charge in [-0.2, -0.15) is 0 Å². The van der Waals surface area contributed by atoms with Crippen LogP contribution in [0.3, 0.4) is 0 Å². The Hall–Kier alpha value is -1.02. The molecule has 0 aliphatic heterocycles. The van der Waals surface area contributed by atoms with Gasteiger partial charge in [-0.15, -0.1) is 0 Å². The van der Waals surface area contributed by atoms with E-state index in [0.29, 0.717) is 16.9 Å². The zero-order valence-corrected chi connectivity index (χ0v) is 6.72. The summed E-state index contributed by atoms with van der Waals surface area (Å²) in [5, 5.41) is 9.62. The third-order valence-corrected chi connectivity index (χ3v) is 1.95. The number of aldehydes is 1. The molecule has 2 nitrogen and oxygen atoms in total. The van der Waals surface area contributed by atoms with E-state index in [4.69, 9.17) is 16.7 Å². The summed E-state index contributed by atoms with van der Waals surface area (Å²) in [5.41, 5.74) is 0.874. The standard InChI is InChI=1S/C8H7ClO2/c1-5-6(4-10)8(11)3-2-7(5)9/h2-4,11H,1H3. The lowest BCUT2D eigenvalue weighted by atomic mass is 10.1. The van der Waals surface area contributed by atoms with Gasteiger partial charge in [0.05, 0.1) is 5.56 Å². The summed E-state index contributed by atoms with van der Waals surface area (Å²) < 4.78 is 0. The lowest BCUT2D eigenvalue weighted by Crippen LogP contribution is -1.87. The summed E-state index contributed by atoms with van der Waals surface area (Å²) in [6, 6.07) is 2.96. The number of carbonyl (C=O) groups excluding carboxylic acids is 1. The van der Waals surface area contributed by atoms with Crippen LogP contribution < -0.4 is 0 Å². The van der Waals surface area contributed by atoms with Crippen molar-refractivity contribution in [2.45, 2.75) is 6.92 Å². The molecule has 58 valence electrons. The first-order valence-electron chi connectivity index (χ1n) is 3.10. The van der Waals surface area contributed by atoms with Gasteiger partial charge in [0.1, 0.15) is 5.75 Å². The zero-order chi connectivity index (χ0) is 8.43. The fourth-order valence-electron chi connectivity index (χ4n) is 0.836. The van der Waals surface area contributed by atoms with Crippen LogP contribution in [-0.2, 0) is 0 Å². The van der Waals surface area contributed by atoms with Gasteiger partial charge >= 0.3 is 0 Å². The third-order valence-electron chi connectivity index (χ3n) is 1.54. The number of phenolic OH excluding ortho intramolecular Hbond substituents is 1. The van der Waals surface area contributed by atoms with Crippen LogP contribution in [0, 0.1) is 6.92 Å². The van der Waals surface area contributed by atoms with E-state index in [1.54, 1.807) is 13.0 Å². The fraction of sp³-hybridized carbons (Fsp3) is 0.125. The van der Waals surface area contributed by atoms with Crippen molar-refractivity contribution in [2.24, 2.45) is 0 Å². The van der Waals surface area contributed by atoms with Crippen molar-refractivity contribution in [1.29, 1.82) is 0 Å². The third kappa shape index (κ3) is 1.35. The first-order valence-corrected chi connectivity index (χ1v) is 3.48. The SMILES string of the molecule is Cc1c(Cl)ccc(O)c1C=O. The summed E-state index contributed by atoms with van der Waals surface area (Å²) in [4.78, 5) is 10.4. The van der Waals surface area contributed by atoms with Crippen LogP contribution in [0.25, 0.3) is 0 Å². The number of hydrogen-bond donors (Lipinski definition) is 1. The van der Waals surface area contributed by atoms with Crippen LogP contribution in [0.4, 0.5) is 0 Å². The quantitative estimate of drug-likeness (QED) is 0.656. The maximum Gasteiger partial charge on any atom is 0.154 e. The highest BCUT2D eigenvalue weighted by molar-refractivity contribution is 6.31. The first kappa shape index (κ1) is 8.08. The van der Waals surface area contributed by atoms with Crippen LogP contribution >= 0.6 is 11.6 Å². The lowest BCUT2D eigenvalue weighted by Gasteiger charge is -2.02. The Kier molecular flexibility index (Phi) is 2.15. The summed E-state index contributed by atoms with van der Waals surface area (Å²) in [7, 11) is 0. The van der Waals surface area contributed by atoms with Crippen molar-refractivity contribution < 1.29 is 9.90 Å². The average Bonchev–Trinajstić information content (AvgIpc) is 1.99. The molecule has 1 aromatic rings. The molecule has 1 rings (SSSR count). The summed E-state index contributed by atoms with van der Waals surface area (Å²) in [6.45, 7) is 1.69. The maximum absolute atomic E-state index is 10.4. The highest BCUT2D eigenvalue weighted by Gasteiger charge is 2.05. The van der Waals surface area contributed by atoms with Crippen LogP contribution in [0.5, 0.6) is 5.75 Å². The fourth-order valence-corrected chi connectivity index (χ4v) is 1.00. The summed E-state index contributed by atoms with van der Waals surface area (Å²) >= 11 is 5.69. The van der Waals surface area contributed by atoms with E-state index in [-0.39, 0.29) is 11.3 Å². The van der Waals surface area contributed by atoms with Gasteiger partial charge in [0.15, 0.2) is 6.29 Å². The van der Waals surface area contributed by atoms with Crippen molar-refractivity contribution in [2.75, 3.05) is 0 Å². The Morgan fingerprint density at radius 2 is 2.18 bits per heavy atom. The second-order valence-corrected chi connectivity index (χ2v) is 2.63. The average molecular weight is 171 g/mol. The topological polar surface area (TPSA) is 37.3 Å². The van der Waals surface area contributed by atoms with E-state index >= 15 is 0 Å². The second kappa shape index (κ2) is 2.93. The molecule has 3 heteroatoms. The predicted octanol–water partition coefficient (Wildman–Crippen LogP) is 2.17. The lowest BCUT2D eigenvalue weighted by molar-refractivity contribution is 0.112. The van der Waals surface area contributed by atoms with Gasteiger partial charge in [-0.1, -0.05) is 11.6 Å². The minimum absolute atomic E-state index is 0.0260. The largest absolute Gasteiger partial charge is 0.507 e. The number of hydrogen-bond acceptors (Lipinski definition) is 2. The Balaban J connectivity index is 3.40. The van der Waals surface area contributed by atoms with Crippen LogP contribution in [0.1, 0.15) is 15.9 Å². The Labute approximate surface area is 69.4 Å². The minimum atomic E-state index is -0.0260. The highest BCUT2D eigenvalue weighted by atomic mass is 35.5. The molecule has 0 radical (unpaired) electrons. The van der Waals surface area contributed by atoms with Crippen LogP contribution in [0.15, 0.2) is 12.1 Å². The smallest absolute Gasteiger partial charge is 0.154 e. The monoisotopic (exact) mass is 170 g/mol.